The molecule has 0 amide bonds. The molecule has 0 spiro atoms. The zero-order chi connectivity index (χ0) is 14.5. The molecule has 2 aromatic carbocycles. The van der Waals surface area contributed by atoms with E-state index in [1.165, 1.54) is 18.2 Å². The summed E-state index contributed by atoms with van der Waals surface area (Å²) in [4.78, 5) is 0. The fourth-order valence-electron chi connectivity index (χ4n) is 1.79. The second-order valence-electron chi connectivity index (χ2n) is 4.33. The number of ether oxygens (including phenoxy) is 1. The number of benzene rings is 2. The van der Waals surface area contributed by atoms with Gasteiger partial charge in [0.1, 0.15) is 18.2 Å². The number of nitrogens with two attached hydrogens (primary N) is 1. The SMILES string of the molecule is NCCc1ccc(OCc2cc(Cl)ccc2F)c(Cl)c1. The summed E-state index contributed by atoms with van der Waals surface area (Å²) in [5, 5.41) is 0.952. The van der Waals surface area contributed by atoms with Gasteiger partial charge in [0.2, 0.25) is 0 Å². The topological polar surface area (TPSA) is 35.2 Å². The fraction of sp³-hybridized carbons (Fsp3) is 0.200. The molecular weight excluding hydrogens is 300 g/mol. The lowest BCUT2D eigenvalue weighted by Gasteiger charge is -2.10. The molecule has 106 valence electrons. The zero-order valence-corrected chi connectivity index (χ0v) is 12.2. The fourth-order valence-corrected chi connectivity index (χ4v) is 2.25. The van der Waals surface area contributed by atoms with Crippen molar-refractivity contribution in [3.63, 3.8) is 0 Å². The molecular formula is C15H14Cl2FNO. The predicted octanol–water partition coefficient (Wildman–Crippen LogP) is 4.21. The van der Waals surface area contributed by atoms with Crippen LogP contribution in [0.15, 0.2) is 36.4 Å². The maximum absolute atomic E-state index is 13.6. The minimum atomic E-state index is -0.356. The second kappa shape index (κ2) is 6.93. The van der Waals surface area contributed by atoms with Gasteiger partial charge in [-0.05, 0) is 48.9 Å². The van der Waals surface area contributed by atoms with Crippen LogP contribution < -0.4 is 10.5 Å². The zero-order valence-electron chi connectivity index (χ0n) is 10.7. The van der Waals surface area contributed by atoms with E-state index < -0.39 is 0 Å². The van der Waals surface area contributed by atoms with Crippen molar-refractivity contribution < 1.29 is 9.13 Å². The highest BCUT2D eigenvalue weighted by molar-refractivity contribution is 6.32. The molecule has 0 fully saturated rings. The Morgan fingerprint density at radius 1 is 1.10 bits per heavy atom. The van der Waals surface area contributed by atoms with Crippen molar-refractivity contribution >= 4 is 23.2 Å². The smallest absolute Gasteiger partial charge is 0.138 e. The first-order chi connectivity index (χ1) is 9.60. The first kappa shape index (κ1) is 15.1. The average molecular weight is 314 g/mol. The van der Waals surface area contributed by atoms with Crippen molar-refractivity contribution in [3.8, 4) is 5.75 Å². The third kappa shape index (κ3) is 3.85. The van der Waals surface area contributed by atoms with Gasteiger partial charge in [0.15, 0.2) is 0 Å². The van der Waals surface area contributed by atoms with Crippen LogP contribution in [0.25, 0.3) is 0 Å². The summed E-state index contributed by atoms with van der Waals surface area (Å²) in [7, 11) is 0. The summed E-state index contributed by atoms with van der Waals surface area (Å²) < 4.78 is 19.1. The van der Waals surface area contributed by atoms with Gasteiger partial charge in [-0.1, -0.05) is 29.3 Å². The minimum absolute atomic E-state index is 0.0718. The Morgan fingerprint density at radius 2 is 1.90 bits per heavy atom. The molecule has 2 aromatic rings. The molecule has 0 radical (unpaired) electrons. The molecule has 0 bridgehead atoms. The Hall–Kier alpha value is -1.29. The van der Waals surface area contributed by atoms with Gasteiger partial charge in [0.05, 0.1) is 5.02 Å². The lowest BCUT2D eigenvalue weighted by molar-refractivity contribution is 0.300. The average Bonchev–Trinajstić information content (AvgIpc) is 2.42. The molecule has 0 aromatic heterocycles. The van der Waals surface area contributed by atoms with Gasteiger partial charge in [-0.2, -0.15) is 0 Å². The van der Waals surface area contributed by atoms with E-state index in [0.29, 0.717) is 27.9 Å². The van der Waals surface area contributed by atoms with E-state index in [1.807, 2.05) is 6.07 Å². The van der Waals surface area contributed by atoms with Crippen molar-refractivity contribution in [1.29, 1.82) is 0 Å². The van der Waals surface area contributed by atoms with Gasteiger partial charge in [-0.3, -0.25) is 0 Å². The molecule has 0 saturated carbocycles. The van der Waals surface area contributed by atoms with E-state index in [9.17, 15) is 4.39 Å². The van der Waals surface area contributed by atoms with E-state index in [-0.39, 0.29) is 12.4 Å². The standard InChI is InChI=1S/C15H14Cl2FNO/c16-12-2-3-14(18)11(8-12)9-20-15-4-1-10(5-6-19)7-13(15)17/h1-4,7-8H,5-6,9,19H2. The van der Waals surface area contributed by atoms with Gasteiger partial charge < -0.3 is 10.5 Å². The van der Waals surface area contributed by atoms with Crippen LogP contribution >= 0.6 is 23.2 Å². The van der Waals surface area contributed by atoms with Crippen LogP contribution in [0.5, 0.6) is 5.75 Å². The molecule has 2 rings (SSSR count). The van der Waals surface area contributed by atoms with E-state index in [0.717, 1.165) is 12.0 Å². The van der Waals surface area contributed by atoms with Crippen LogP contribution in [0, 0.1) is 5.82 Å². The first-order valence-corrected chi connectivity index (χ1v) is 6.91. The Morgan fingerprint density at radius 3 is 2.60 bits per heavy atom. The van der Waals surface area contributed by atoms with Gasteiger partial charge in [-0.25, -0.2) is 4.39 Å². The van der Waals surface area contributed by atoms with Crippen LogP contribution in [0.1, 0.15) is 11.1 Å². The first-order valence-electron chi connectivity index (χ1n) is 6.15. The maximum Gasteiger partial charge on any atom is 0.138 e. The van der Waals surface area contributed by atoms with E-state index in [2.05, 4.69) is 0 Å². The summed E-state index contributed by atoms with van der Waals surface area (Å²) in [6.07, 6.45) is 0.753. The Bertz CT molecular complexity index is 604. The summed E-state index contributed by atoms with van der Waals surface area (Å²) in [6.45, 7) is 0.632. The minimum Gasteiger partial charge on any atom is -0.487 e. The quantitative estimate of drug-likeness (QED) is 0.897. The summed E-state index contributed by atoms with van der Waals surface area (Å²) in [5.74, 6) is 0.150. The highest BCUT2D eigenvalue weighted by Crippen LogP contribution is 2.27. The summed E-state index contributed by atoms with van der Waals surface area (Å²) in [6, 6.07) is 9.80. The highest BCUT2D eigenvalue weighted by Gasteiger charge is 2.07. The summed E-state index contributed by atoms with van der Waals surface area (Å²) >= 11 is 11.9. The Labute approximate surface area is 127 Å². The number of hydrogen-bond acceptors (Lipinski definition) is 2. The van der Waals surface area contributed by atoms with Crippen LogP contribution in [0.2, 0.25) is 10.0 Å². The molecule has 0 aliphatic rings. The van der Waals surface area contributed by atoms with E-state index >= 15 is 0 Å². The van der Waals surface area contributed by atoms with Crippen molar-refractivity contribution in [2.75, 3.05) is 6.54 Å². The second-order valence-corrected chi connectivity index (χ2v) is 5.17. The van der Waals surface area contributed by atoms with Crippen molar-refractivity contribution in [2.45, 2.75) is 13.0 Å². The van der Waals surface area contributed by atoms with E-state index in [4.69, 9.17) is 33.7 Å². The van der Waals surface area contributed by atoms with Gasteiger partial charge >= 0.3 is 0 Å². The predicted molar refractivity (Wildman–Crippen MR) is 80.0 cm³/mol. The lowest BCUT2D eigenvalue weighted by Crippen LogP contribution is -2.03. The molecule has 0 aliphatic carbocycles. The molecule has 2 N–H and O–H groups in total. The van der Waals surface area contributed by atoms with Crippen LogP contribution in [-0.2, 0) is 13.0 Å². The van der Waals surface area contributed by atoms with Crippen molar-refractivity contribution in [1.82, 2.24) is 0 Å². The molecule has 0 unspecified atom stereocenters. The van der Waals surface area contributed by atoms with Gasteiger partial charge in [0.25, 0.3) is 0 Å². The molecule has 2 nitrogen and oxygen atoms in total. The third-order valence-corrected chi connectivity index (χ3v) is 3.35. The largest absolute Gasteiger partial charge is 0.487 e. The molecule has 20 heavy (non-hydrogen) atoms. The monoisotopic (exact) mass is 313 g/mol. The van der Waals surface area contributed by atoms with Gasteiger partial charge in [-0.15, -0.1) is 0 Å². The van der Waals surface area contributed by atoms with Crippen molar-refractivity contribution in [2.24, 2.45) is 5.73 Å². The van der Waals surface area contributed by atoms with E-state index in [1.54, 1.807) is 12.1 Å². The highest BCUT2D eigenvalue weighted by atomic mass is 35.5. The third-order valence-electron chi connectivity index (χ3n) is 2.82. The molecule has 0 saturated heterocycles. The molecule has 0 atom stereocenters. The maximum atomic E-state index is 13.6. The summed E-state index contributed by atoms with van der Waals surface area (Å²) in [5.41, 5.74) is 6.91. The van der Waals surface area contributed by atoms with Crippen LogP contribution in [-0.4, -0.2) is 6.54 Å². The van der Waals surface area contributed by atoms with Crippen molar-refractivity contribution in [3.05, 3.63) is 63.4 Å². The number of halogens is 3. The Balaban J connectivity index is 2.09. The number of hydrogen-bond donors (Lipinski definition) is 1. The Kier molecular flexibility index (Phi) is 5.24. The molecule has 0 aliphatic heterocycles. The lowest BCUT2D eigenvalue weighted by atomic mass is 10.1. The van der Waals surface area contributed by atoms with Crippen LogP contribution in [0.3, 0.4) is 0 Å². The normalized spacial score (nSPS) is 10.6. The van der Waals surface area contributed by atoms with Crippen LogP contribution in [0.4, 0.5) is 4.39 Å². The molecule has 5 heteroatoms. The molecule has 0 heterocycles. The number of rotatable bonds is 5. The van der Waals surface area contributed by atoms with Gasteiger partial charge in [0, 0.05) is 10.6 Å².